The minimum Gasteiger partial charge on any atom is -0.369 e. The summed E-state index contributed by atoms with van der Waals surface area (Å²) >= 11 is 0. The zero-order valence-electron chi connectivity index (χ0n) is 25.6. The second-order valence-corrected chi connectivity index (χ2v) is 12.8. The van der Waals surface area contributed by atoms with Crippen LogP contribution in [-0.2, 0) is 57.2 Å². The number of carbonyl (C=O) groups is 2. The van der Waals surface area contributed by atoms with Crippen LogP contribution in [0.3, 0.4) is 0 Å². The second-order valence-electron chi connectivity index (χ2n) is 10.8. The Morgan fingerprint density at radius 3 is 1.70 bits per heavy atom. The number of ether oxygens (including phenoxy) is 3. The number of amides is 1. The van der Waals surface area contributed by atoms with Crippen molar-refractivity contribution in [2.75, 3.05) is 25.9 Å². The Hall–Kier alpha value is -3.17. The highest BCUT2D eigenvalue weighted by Gasteiger charge is 2.55. The lowest BCUT2D eigenvalue weighted by Gasteiger charge is -2.52. The molecule has 10 heteroatoms. The van der Waals surface area contributed by atoms with E-state index >= 15 is 0 Å². The zero-order chi connectivity index (χ0) is 31.4. The van der Waals surface area contributed by atoms with Crippen LogP contribution in [0.4, 0.5) is 0 Å². The topological polar surface area (TPSA) is 101 Å². The smallest absolute Gasteiger partial charge is 0.340 e. The first-order valence-electron chi connectivity index (χ1n) is 14.9. The summed E-state index contributed by atoms with van der Waals surface area (Å²) in [7, 11) is -3.76. The molecule has 0 saturated carbocycles. The van der Waals surface area contributed by atoms with E-state index in [0.717, 1.165) is 16.7 Å². The summed E-state index contributed by atoms with van der Waals surface area (Å²) in [6.07, 6.45) is -2.16. The number of nitrogens with zero attached hydrogens (tertiary/aromatic N) is 1. The number of aldehydes is 1. The molecule has 0 radical (unpaired) electrons. The summed E-state index contributed by atoms with van der Waals surface area (Å²) in [6.45, 7) is 5.89. The third-order valence-corrected chi connectivity index (χ3v) is 9.53. The van der Waals surface area contributed by atoms with Crippen LogP contribution in [0.5, 0.6) is 0 Å². The number of rotatable bonds is 16. The maximum Gasteiger partial charge on any atom is 0.340 e. The number of carbonyl (C=O) groups excluding carboxylic acids is 2. The molecule has 1 saturated heterocycles. The van der Waals surface area contributed by atoms with Crippen LogP contribution in [-0.4, -0.2) is 66.9 Å². The lowest BCUT2D eigenvalue weighted by Crippen LogP contribution is -2.71. The van der Waals surface area contributed by atoms with Gasteiger partial charge in [-0.2, -0.15) is 0 Å². The molecule has 0 N–H and O–H groups in total. The van der Waals surface area contributed by atoms with E-state index in [-0.39, 0.29) is 39.6 Å². The Balaban J connectivity index is 1.70. The van der Waals surface area contributed by atoms with Crippen molar-refractivity contribution in [2.45, 2.75) is 64.4 Å². The van der Waals surface area contributed by atoms with Crippen LogP contribution in [0.25, 0.3) is 0 Å². The highest BCUT2D eigenvalue weighted by molar-refractivity contribution is 7.54. The van der Waals surface area contributed by atoms with Gasteiger partial charge in [0.05, 0.1) is 39.6 Å². The lowest BCUT2D eigenvalue weighted by atomic mass is 9.82. The molecule has 4 rings (SSSR count). The Kier molecular flexibility index (Phi) is 12.4. The zero-order valence-corrected chi connectivity index (χ0v) is 26.5. The Morgan fingerprint density at radius 2 is 1.25 bits per heavy atom. The van der Waals surface area contributed by atoms with Crippen LogP contribution in [0.2, 0.25) is 0 Å². The van der Waals surface area contributed by atoms with Gasteiger partial charge in [0.25, 0.3) is 0 Å². The lowest BCUT2D eigenvalue weighted by molar-refractivity contribution is -0.220. The van der Waals surface area contributed by atoms with Gasteiger partial charge in [-0.15, -0.1) is 0 Å². The highest BCUT2D eigenvalue weighted by atomic mass is 31.2. The van der Waals surface area contributed by atoms with Crippen molar-refractivity contribution in [1.29, 1.82) is 0 Å². The summed E-state index contributed by atoms with van der Waals surface area (Å²) in [5, 5.41) is 0. The molecular formula is C34H42NO8P. The summed E-state index contributed by atoms with van der Waals surface area (Å²) in [5.74, 6) is -0.562. The Morgan fingerprint density at radius 1 is 0.795 bits per heavy atom. The van der Waals surface area contributed by atoms with Crippen molar-refractivity contribution >= 4 is 19.8 Å². The largest absolute Gasteiger partial charge is 0.369 e. The van der Waals surface area contributed by atoms with E-state index in [1.54, 1.807) is 20.8 Å². The van der Waals surface area contributed by atoms with Crippen LogP contribution in [0.15, 0.2) is 91.0 Å². The standard InChI is InChI=1S/C34H42NO8P/c1-4-42-44(38,43-5-2)25-31(37)35-21-30(39-22-27-15-9-6-10-16-27)32(40-23-28-17-11-7-12-18-28)33(34(35,3)26-36)41-24-29-19-13-8-14-20-29/h6-20,26,30,32-33H,4-5,21-25H2,1-3H3/t30-,32+,33+,34-/m1/s1. The van der Waals surface area contributed by atoms with E-state index in [1.807, 2.05) is 91.0 Å². The van der Waals surface area contributed by atoms with E-state index in [4.69, 9.17) is 23.3 Å². The van der Waals surface area contributed by atoms with Gasteiger partial charge in [-0.3, -0.25) is 9.36 Å². The van der Waals surface area contributed by atoms with Gasteiger partial charge in [0, 0.05) is 0 Å². The molecule has 1 amide bonds. The van der Waals surface area contributed by atoms with Crippen molar-refractivity contribution < 1.29 is 37.4 Å². The first kappa shape index (κ1) is 33.7. The van der Waals surface area contributed by atoms with Crippen LogP contribution in [0.1, 0.15) is 37.5 Å². The monoisotopic (exact) mass is 623 g/mol. The normalized spacial score (nSPS) is 22.1. The maximum absolute atomic E-state index is 13.9. The fourth-order valence-corrected chi connectivity index (χ4v) is 6.89. The first-order valence-corrected chi connectivity index (χ1v) is 16.7. The second kappa shape index (κ2) is 16.2. The van der Waals surface area contributed by atoms with Crippen molar-refractivity contribution in [3.05, 3.63) is 108 Å². The van der Waals surface area contributed by atoms with Gasteiger partial charge in [-0.05, 0) is 37.5 Å². The maximum atomic E-state index is 13.9. The van der Waals surface area contributed by atoms with E-state index in [0.29, 0.717) is 6.29 Å². The quantitative estimate of drug-likeness (QED) is 0.146. The van der Waals surface area contributed by atoms with Gasteiger partial charge in [0.2, 0.25) is 5.91 Å². The Labute approximate surface area is 259 Å². The van der Waals surface area contributed by atoms with E-state index in [9.17, 15) is 14.2 Å². The molecule has 44 heavy (non-hydrogen) atoms. The molecule has 0 spiro atoms. The average Bonchev–Trinajstić information content (AvgIpc) is 3.04. The van der Waals surface area contributed by atoms with Crippen molar-refractivity contribution in [2.24, 2.45) is 0 Å². The molecule has 0 unspecified atom stereocenters. The number of hydrogen-bond donors (Lipinski definition) is 0. The van der Waals surface area contributed by atoms with E-state index < -0.39 is 43.5 Å². The van der Waals surface area contributed by atoms with Gasteiger partial charge in [-0.25, -0.2) is 0 Å². The molecule has 1 aliphatic heterocycles. The Bertz CT molecular complexity index is 1350. The molecule has 236 valence electrons. The predicted octanol–water partition coefficient (Wildman–Crippen LogP) is 5.81. The average molecular weight is 624 g/mol. The number of benzene rings is 3. The third kappa shape index (κ3) is 8.72. The predicted molar refractivity (Wildman–Crippen MR) is 167 cm³/mol. The molecule has 4 atom stereocenters. The highest BCUT2D eigenvalue weighted by Crippen LogP contribution is 2.49. The molecule has 1 aliphatic rings. The minimum absolute atomic E-state index is 0.00378. The number of piperidine rings is 1. The molecule has 0 aliphatic carbocycles. The molecule has 1 heterocycles. The number of hydrogen-bond acceptors (Lipinski definition) is 8. The number of likely N-dealkylation sites (tertiary alicyclic amines) is 1. The summed E-state index contributed by atoms with van der Waals surface area (Å²) in [5.41, 5.74) is 1.29. The molecule has 3 aromatic carbocycles. The summed E-state index contributed by atoms with van der Waals surface area (Å²) < 4.78 is 43.7. The summed E-state index contributed by atoms with van der Waals surface area (Å²) in [6, 6.07) is 28.9. The van der Waals surface area contributed by atoms with Crippen molar-refractivity contribution in [1.82, 2.24) is 4.90 Å². The van der Waals surface area contributed by atoms with Crippen molar-refractivity contribution in [3.8, 4) is 0 Å². The SMILES string of the molecule is CCOP(=O)(CC(=O)N1C[C@@H](OCc2ccccc2)[C@H](OCc2ccccc2)[C@H](OCc2ccccc2)[C@@]1(C)C=O)OCC. The van der Waals surface area contributed by atoms with E-state index in [2.05, 4.69) is 0 Å². The molecule has 1 fully saturated rings. The fourth-order valence-electron chi connectivity index (χ4n) is 5.35. The molecule has 0 aromatic heterocycles. The van der Waals surface area contributed by atoms with Gasteiger partial charge >= 0.3 is 7.60 Å². The van der Waals surface area contributed by atoms with Gasteiger partial charge < -0.3 is 33.0 Å². The van der Waals surface area contributed by atoms with Crippen molar-refractivity contribution in [3.63, 3.8) is 0 Å². The van der Waals surface area contributed by atoms with Gasteiger partial charge in [0.15, 0.2) is 0 Å². The minimum atomic E-state index is -3.76. The fraction of sp³-hybridized carbons (Fsp3) is 0.412. The third-order valence-electron chi connectivity index (χ3n) is 7.57. The summed E-state index contributed by atoms with van der Waals surface area (Å²) in [4.78, 5) is 28.4. The first-order chi connectivity index (χ1) is 21.3. The molecular weight excluding hydrogens is 581 g/mol. The molecule has 0 bridgehead atoms. The van der Waals surface area contributed by atoms with Crippen LogP contribution >= 0.6 is 7.60 Å². The molecule has 3 aromatic rings. The van der Waals surface area contributed by atoms with Gasteiger partial charge in [-0.1, -0.05) is 91.0 Å². The van der Waals surface area contributed by atoms with Gasteiger partial charge in [0.1, 0.15) is 36.3 Å². The molecule has 9 nitrogen and oxygen atoms in total. The van der Waals surface area contributed by atoms with Crippen LogP contribution < -0.4 is 0 Å². The van der Waals surface area contributed by atoms with E-state index in [1.165, 1.54) is 4.90 Å². The van der Waals surface area contributed by atoms with Crippen LogP contribution in [0, 0.1) is 0 Å².